The van der Waals surface area contributed by atoms with E-state index in [0.29, 0.717) is 24.2 Å². The summed E-state index contributed by atoms with van der Waals surface area (Å²) in [6.45, 7) is 8.64. The normalized spacial score (nSPS) is 15.4. The second-order valence-electron chi connectivity index (χ2n) is 5.66. The zero-order valence-corrected chi connectivity index (χ0v) is 12.7. The fourth-order valence-electron chi connectivity index (χ4n) is 2.64. The van der Waals surface area contributed by atoms with Crippen LogP contribution in [-0.2, 0) is 17.8 Å². The Hall–Kier alpha value is -1.72. The molecule has 0 aliphatic carbocycles. The van der Waals surface area contributed by atoms with E-state index in [1.54, 1.807) is 0 Å². The van der Waals surface area contributed by atoms with Crippen LogP contribution in [0.3, 0.4) is 0 Å². The molecule has 0 fully saturated rings. The average Bonchev–Trinajstić information content (AvgIpc) is 3.12. The molecule has 2 heterocycles. The molecule has 1 unspecified atom stereocenters. The highest BCUT2D eigenvalue weighted by atomic mass is 16.5. The van der Waals surface area contributed by atoms with Gasteiger partial charge in [-0.1, -0.05) is 25.1 Å². The van der Waals surface area contributed by atoms with Crippen molar-refractivity contribution in [1.29, 1.82) is 0 Å². The average molecular weight is 287 g/mol. The van der Waals surface area contributed by atoms with Crippen LogP contribution in [0.5, 0.6) is 0 Å². The van der Waals surface area contributed by atoms with Gasteiger partial charge in [0.1, 0.15) is 6.10 Å². The topological polar surface area (TPSA) is 60.2 Å². The highest BCUT2D eigenvalue weighted by Crippen LogP contribution is 2.28. The molecule has 1 aliphatic heterocycles. The predicted molar refractivity (Wildman–Crippen MR) is 79.5 cm³/mol. The number of ether oxygens (including phenoxy) is 1. The van der Waals surface area contributed by atoms with Crippen LogP contribution in [0, 0.1) is 5.92 Å². The first-order valence-corrected chi connectivity index (χ1v) is 7.47. The molecule has 0 bridgehead atoms. The number of nitrogens with zero attached hydrogens (tertiary/aromatic N) is 2. The Labute approximate surface area is 124 Å². The van der Waals surface area contributed by atoms with Crippen molar-refractivity contribution in [2.75, 3.05) is 6.61 Å². The quantitative estimate of drug-likeness (QED) is 0.915. The van der Waals surface area contributed by atoms with E-state index in [1.165, 1.54) is 11.1 Å². The van der Waals surface area contributed by atoms with Gasteiger partial charge in [0.05, 0.1) is 0 Å². The van der Waals surface area contributed by atoms with Gasteiger partial charge in [0.2, 0.25) is 5.82 Å². The maximum atomic E-state index is 5.72. The number of rotatable bonds is 5. The van der Waals surface area contributed by atoms with E-state index in [2.05, 4.69) is 41.4 Å². The van der Waals surface area contributed by atoms with Crippen molar-refractivity contribution in [2.24, 2.45) is 5.92 Å². The van der Waals surface area contributed by atoms with E-state index in [0.717, 1.165) is 18.7 Å². The lowest BCUT2D eigenvalue weighted by Crippen LogP contribution is -2.12. The highest BCUT2D eigenvalue weighted by Gasteiger charge is 2.23. The fraction of sp³-hybridized carbons (Fsp3) is 0.500. The zero-order valence-electron chi connectivity index (χ0n) is 12.7. The first kappa shape index (κ1) is 14.2. The molecule has 3 rings (SSSR count). The van der Waals surface area contributed by atoms with Crippen molar-refractivity contribution < 1.29 is 9.26 Å². The zero-order chi connectivity index (χ0) is 14.8. The van der Waals surface area contributed by atoms with Gasteiger partial charge in [0, 0.05) is 25.3 Å². The van der Waals surface area contributed by atoms with Crippen LogP contribution in [0.4, 0.5) is 0 Å². The van der Waals surface area contributed by atoms with Crippen molar-refractivity contribution in [3.05, 3.63) is 35.2 Å². The molecule has 1 aliphatic rings. The molecule has 2 aromatic rings. The number of benzene rings is 1. The molecule has 0 saturated carbocycles. The van der Waals surface area contributed by atoms with Crippen molar-refractivity contribution >= 4 is 0 Å². The van der Waals surface area contributed by atoms with E-state index < -0.39 is 0 Å². The molecule has 1 N–H and O–H groups in total. The summed E-state index contributed by atoms with van der Waals surface area (Å²) in [6, 6.07) is 6.28. The number of aromatic nitrogens is 2. The van der Waals surface area contributed by atoms with Gasteiger partial charge in [-0.05, 0) is 36.1 Å². The molecule has 5 nitrogen and oxygen atoms in total. The summed E-state index contributed by atoms with van der Waals surface area (Å²) < 4.78 is 11.1. The summed E-state index contributed by atoms with van der Waals surface area (Å²) in [6.07, 6.45) is -0.122. The third-order valence-corrected chi connectivity index (χ3v) is 3.73. The minimum absolute atomic E-state index is 0.122. The number of hydrogen-bond acceptors (Lipinski definition) is 5. The molecule has 21 heavy (non-hydrogen) atoms. The second kappa shape index (κ2) is 5.95. The largest absolute Gasteiger partial charge is 0.370 e. The first-order chi connectivity index (χ1) is 10.2. The highest BCUT2D eigenvalue weighted by molar-refractivity contribution is 5.56. The minimum Gasteiger partial charge on any atom is -0.370 e. The summed E-state index contributed by atoms with van der Waals surface area (Å²) in [5, 5.41) is 7.43. The summed E-state index contributed by atoms with van der Waals surface area (Å²) in [5.41, 5.74) is 3.61. The molecule has 0 amide bonds. The van der Waals surface area contributed by atoms with Crippen LogP contribution >= 0.6 is 0 Å². The molecule has 1 atom stereocenters. The minimum atomic E-state index is -0.122. The summed E-state index contributed by atoms with van der Waals surface area (Å²) in [5.74, 6) is 1.49. The monoisotopic (exact) mass is 287 g/mol. The standard InChI is InChI=1S/C16H21N3O2/c1-4-20-14(10(2)3)15-18-16(21-19-15)11-5-6-12-8-17-9-13(12)7-11/h5-7,10,14,17H,4,8-9H2,1-3H3. The van der Waals surface area contributed by atoms with Gasteiger partial charge in [-0.15, -0.1) is 0 Å². The van der Waals surface area contributed by atoms with E-state index in [4.69, 9.17) is 9.26 Å². The summed E-state index contributed by atoms with van der Waals surface area (Å²) in [4.78, 5) is 4.52. The maximum Gasteiger partial charge on any atom is 0.258 e. The van der Waals surface area contributed by atoms with Gasteiger partial charge in [-0.2, -0.15) is 4.98 Å². The van der Waals surface area contributed by atoms with Gasteiger partial charge in [0.15, 0.2) is 0 Å². The summed E-state index contributed by atoms with van der Waals surface area (Å²) in [7, 11) is 0. The molecule has 0 saturated heterocycles. The van der Waals surface area contributed by atoms with Gasteiger partial charge < -0.3 is 14.6 Å². The van der Waals surface area contributed by atoms with Crippen LogP contribution in [0.1, 0.15) is 43.8 Å². The van der Waals surface area contributed by atoms with Crippen LogP contribution in [0.2, 0.25) is 0 Å². The van der Waals surface area contributed by atoms with Crippen LogP contribution in [0.15, 0.2) is 22.7 Å². The molecule has 0 spiro atoms. The van der Waals surface area contributed by atoms with Gasteiger partial charge in [0.25, 0.3) is 5.89 Å². The van der Waals surface area contributed by atoms with Crippen molar-refractivity contribution in [1.82, 2.24) is 15.5 Å². The molecule has 112 valence electrons. The molecular formula is C16H21N3O2. The predicted octanol–water partition coefficient (Wildman–Crippen LogP) is 3.07. The molecule has 1 aromatic carbocycles. The van der Waals surface area contributed by atoms with Crippen molar-refractivity contribution in [2.45, 2.75) is 40.0 Å². The Morgan fingerprint density at radius 3 is 2.86 bits per heavy atom. The SMILES string of the molecule is CCOC(c1noc(-c2ccc3c(c2)CNC3)n1)C(C)C. The Bertz CT molecular complexity index is 622. The smallest absolute Gasteiger partial charge is 0.258 e. The lowest BCUT2D eigenvalue weighted by atomic mass is 10.1. The van der Waals surface area contributed by atoms with Gasteiger partial charge in [-0.3, -0.25) is 0 Å². The number of nitrogens with one attached hydrogen (secondary N) is 1. The second-order valence-corrected chi connectivity index (χ2v) is 5.66. The number of fused-ring (bicyclic) bond motifs is 1. The first-order valence-electron chi connectivity index (χ1n) is 7.47. The lowest BCUT2D eigenvalue weighted by Gasteiger charge is -2.16. The van der Waals surface area contributed by atoms with Gasteiger partial charge >= 0.3 is 0 Å². The Morgan fingerprint density at radius 2 is 2.10 bits per heavy atom. The fourth-order valence-corrected chi connectivity index (χ4v) is 2.64. The van der Waals surface area contributed by atoms with Crippen LogP contribution in [0.25, 0.3) is 11.5 Å². The van der Waals surface area contributed by atoms with Crippen molar-refractivity contribution in [3.63, 3.8) is 0 Å². The number of hydrogen-bond donors (Lipinski definition) is 1. The maximum absolute atomic E-state index is 5.72. The van der Waals surface area contributed by atoms with Gasteiger partial charge in [-0.25, -0.2) is 0 Å². The van der Waals surface area contributed by atoms with E-state index >= 15 is 0 Å². The molecule has 1 aromatic heterocycles. The van der Waals surface area contributed by atoms with Crippen LogP contribution in [-0.4, -0.2) is 16.7 Å². The van der Waals surface area contributed by atoms with E-state index in [-0.39, 0.29) is 6.10 Å². The summed E-state index contributed by atoms with van der Waals surface area (Å²) >= 11 is 0. The third-order valence-electron chi connectivity index (χ3n) is 3.73. The van der Waals surface area contributed by atoms with E-state index in [1.807, 2.05) is 13.0 Å². The Balaban J connectivity index is 1.87. The Kier molecular flexibility index (Phi) is 4.03. The van der Waals surface area contributed by atoms with Crippen LogP contribution < -0.4 is 5.32 Å². The molecule has 5 heteroatoms. The third kappa shape index (κ3) is 2.84. The lowest BCUT2D eigenvalue weighted by molar-refractivity contribution is 0.0217. The van der Waals surface area contributed by atoms with E-state index in [9.17, 15) is 0 Å². The van der Waals surface area contributed by atoms with Crippen molar-refractivity contribution in [3.8, 4) is 11.5 Å². The molecular weight excluding hydrogens is 266 g/mol. The Morgan fingerprint density at radius 1 is 1.29 bits per heavy atom. The molecule has 0 radical (unpaired) electrons.